The first-order chi connectivity index (χ1) is 8.67. The molecular weight excluding hydrogens is 230 g/mol. The van der Waals surface area contributed by atoms with Gasteiger partial charge in [0.05, 0.1) is 13.7 Å². The molecule has 4 nitrogen and oxygen atoms in total. The van der Waals surface area contributed by atoms with Crippen LogP contribution in [0.5, 0.6) is 11.5 Å². The second kappa shape index (κ2) is 7.95. The van der Waals surface area contributed by atoms with E-state index in [4.69, 9.17) is 14.6 Å². The minimum Gasteiger partial charge on any atom is -0.493 e. The standard InChI is InChI=1S/C14H23NO3/c1-11(2)15-10-12-5-6-13(17-3)14(9-12)18-8-4-7-16/h5-6,9,11,15-16H,4,7-8,10H2,1-3H3. The van der Waals surface area contributed by atoms with Gasteiger partial charge in [0.25, 0.3) is 0 Å². The van der Waals surface area contributed by atoms with Crippen LogP contribution in [0, 0.1) is 0 Å². The molecular formula is C14H23NO3. The highest BCUT2D eigenvalue weighted by molar-refractivity contribution is 5.42. The van der Waals surface area contributed by atoms with Crippen LogP contribution in [0.2, 0.25) is 0 Å². The normalized spacial score (nSPS) is 10.7. The summed E-state index contributed by atoms with van der Waals surface area (Å²) in [6.45, 7) is 5.66. The summed E-state index contributed by atoms with van der Waals surface area (Å²) in [4.78, 5) is 0. The van der Waals surface area contributed by atoms with Gasteiger partial charge in [-0.3, -0.25) is 0 Å². The molecule has 0 aliphatic rings. The van der Waals surface area contributed by atoms with E-state index < -0.39 is 0 Å². The molecule has 0 heterocycles. The van der Waals surface area contributed by atoms with Crippen LogP contribution in [0.15, 0.2) is 18.2 Å². The van der Waals surface area contributed by atoms with Crippen molar-refractivity contribution in [1.82, 2.24) is 5.32 Å². The first kappa shape index (κ1) is 14.8. The van der Waals surface area contributed by atoms with Crippen LogP contribution in [-0.2, 0) is 6.54 Å². The van der Waals surface area contributed by atoms with Crippen molar-refractivity contribution in [2.24, 2.45) is 0 Å². The summed E-state index contributed by atoms with van der Waals surface area (Å²) in [5.41, 5.74) is 1.16. The number of rotatable bonds is 8. The van der Waals surface area contributed by atoms with E-state index in [2.05, 4.69) is 19.2 Å². The van der Waals surface area contributed by atoms with E-state index in [1.54, 1.807) is 7.11 Å². The number of hydrogen-bond donors (Lipinski definition) is 2. The molecule has 102 valence electrons. The van der Waals surface area contributed by atoms with Crippen molar-refractivity contribution in [3.8, 4) is 11.5 Å². The van der Waals surface area contributed by atoms with E-state index in [1.807, 2.05) is 18.2 Å². The van der Waals surface area contributed by atoms with Crippen LogP contribution in [0.25, 0.3) is 0 Å². The van der Waals surface area contributed by atoms with Crippen LogP contribution in [0.4, 0.5) is 0 Å². The topological polar surface area (TPSA) is 50.7 Å². The van der Waals surface area contributed by atoms with Crippen molar-refractivity contribution in [2.45, 2.75) is 32.9 Å². The summed E-state index contributed by atoms with van der Waals surface area (Å²) in [6.07, 6.45) is 0.623. The van der Waals surface area contributed by atoms with Gasteiger partial charge in [-0.05, 0) is 17.7 Å². The number of nitrogens with one attached hydrogen (secondary N) is 1. The van der Waals surface area contributed by atoms with Crippen molar-refractivity contribution in [3.05, 3.63) is 23.8 Å². The lowest BCUT2D eigenvalue weighted by Gasteiger charge is -2.13. The van der Waals surface area contributed by atoms with Crippen LogP contribution in [0.1, 0.15) is 25.8 Å². The van der Waals surface area contributed by atoms with Gasteiger partial charge in [-0.15, -0.1) is 0 Å². The molecule has 0 spiro atoms. The van der Waals surface area contributed by atoms with Crippen molar-refractivity contribution >= 4 is 0 Å². The lowest BCUT2D eigenvalue weighted by atomic mass is 10.2. The Morgan fingerprint density at radius 1 is 1.28 bits per heavy atom. The molecule has 4 heteroatoms. The van der Waals surface area contributed by atoms with Crippen LogP contribution >= 0.6 is 0 Å². The maximum absolute atomic E-state index is 8.75. The summed E-state index contributed by atoms with van der Waals surface area (Å²) in [5.74, 6) is 1.45. The molecule has 1 aromatic carbocycles. The lowest BCUT2D eigenvalue weighted by Crippen LogP contribution is -2.21. The van der Waals surface area contributed by atoms with Gasteiger partial charge < -0.3 is 19.9 Å². The fraction of sp³-hybridized carbons (Fsp3) is 0.571. The Labute approximate surface area is 109 Å². The Morgan fingerprint density at radius 3 is 2.67 bits per heavy atom. The van der Waals surface area contributed by atoms with Gasteiger partial charge >= 0.3 is 0 Å². The predicted octanol–water partition coefficient (Wildman–Crippen LogP) is 1.95. The molecule has 0 radical (unpaired) electrons. The van der Waals surface area contributed by atoms with Crippen molar-refractivity contribution in [3.63, 3.8) is 0 Å². The molecule has 18 heavy (non-hydrogen) atoms. The molecule has 0 aliphatic carbocycles. The number of aliphatic hydroxyl groups excluding tert-OH is 1. The molecule has 2 N–H and O–H groups in total. The second-order valence-corrected chi connectivity index (χ2v) is 4.45. The molecule has 1 aromatic rings. The Kier molecular flexibility index (Phi) is 6.54. The largest absolute Gasteiger partial charge is 0.493 e. The van der Waals surface area contributed by atoms with Gasteiger partial charge in [0.2, 0.25) is 0 Å². The van der Waals surface area contributed by atoms with Crippen LogP contribution in [0.3, 0.4) is 0 Å². The molecule has 0 saturated carbocycles. The fourth-order valence-electron chi connectivity index (χ4n) is 1.51. The highest BCUT2D eigenvalue weighted by atomic mass is 16.5. The van der Waals surface area contributed by atoms with Crippen LogP contribution < -0.4 is 14.8 Å². The van der Waals surface area contributed by atoms with Crippen molar-refractivity contribution < 1.29 is 14.6 Å². The minimum absolute atomic E-state index is 0.136. The summed E-state index contributed by atoms with van der Waals surface area (Å²) in [5, 5.41) is 12.1. The highest BCUT2D eigenvalue weighted by Gasteiger charge is 2.06. The third-order valence-corrected chi connectivity index (χ3v) is 2.50. The van der Waals surface area contributed by atoms with Gasteiger partial charge in [0.15, 0.2) is 11.5 Å². The zero-order valence-electron chi connectivity index (χ0n) is 11.4. The van der Waals surface area contributed by atoms with Crippen molar-refractivity contribution in [1.29, 1.82) is 0 Å². The molecule has 0 unspecified atom stereocenters. The molecule has 0 aliphatic heterocycles. The van der Waals surface area contributed by atoms with Gasteiger partial charge in [0.1, 0.15) is 0 Å². The van der Waals surface area contributed by atoms with E-state index in [-0.39, 0.29) is 6.61 Å². The fourth-order valence-corrected chi connectivity index (χ4v) is 1.51. The highest BCUT2D eigenvalue weighted by Crippen LogP contribution is 2.28. The average Bonchev–Trinajstić information content (AvgIpc) is 2.37. The third-order valence-electron chi connectivity index (χ3n) is 2.50. The maximum Gasteiger partial charge on any atom is 0.161 e. The minimum atomic E-state index is 0.136. The molecule has 0 saturated heterocycles. The van der Waals surface area contributed by atoms with E-state index >= 15 is 0 Å². The Balaban J connectivity index is 2.68. The zero-order chi connectivity index (χ0) is 13.4. The SMILES string of the molecule is COc1ccc(CNC(C)C)cc1OCCCO. The average molecular weight is 253 g/mol. The monoisotopic (exact) mass is 253 g/mol. The zero-order valence-corrected chi connectivity index (χ0v) is 11.4. The number of aliphatic hydroxyl groups is 1. The summed E-state index contributed by atoms with van der Waals surface area (Å²) < 4.78 is 10.9. The van der Waals surface area contributed by atoms with E-state index in [1.165, 1.54) is 0 Å². The smallest absolute Gasteiger partial charge is 0.161 e. The third kappa shape index (κ3) is 4.94. The quantitative estimate of drug-likeness (QED) is 0.695. The Hall–Kier alpha value is -1.26. The maximum atomic E-state index is 8.75. The van der Waals surface area contributed by atoms with E-state index in [0.29, 0.717) is 19.1 Å². The van der Waals surface area contributed by atoms with Crippen molar-refractivity contribution in [2.75, 3.05) is 20.3 Å². The van der Waals surface area contributed by atoms with Gasteiger partial charge in [-0.25, -0.2) is 0 Å². The number of hydrogen-bond acceptors (Lipinski definition) is 4. The summed E-state index contributed by atoms with van der Waals surface area (Å²) >= 11 is 0. The van der Waals surface area contributed by atoms with Gasteiger partial charge in [0, 0.05) is 25.6 Å². The molecule has 1 rings (SSSR count). The van der Waals surface area contributed by atoms with Gasteiger partial charge in [-0.2, -0.15) is 0 Å². The summed E-state index contributed by atoms with van der Waals surface area (Å²) in [6, 6.07) is 6.36. The first-order valence-electron chi connectivity index (χ1n) is 6.31. The number of benzene rings is 1. The van der Waals surface area contributed by atoms with E-state index in [9.17, 15) is 0 Å². The lowest BCUT2D eigenvalue weighted by molar-refractivity contribution is 0.228. The molecule has 0 amide bonds. The molecule has 0 bridgehead atoms. The van der Waals surface area contributed by atoms with Crippen LogP contribution in [-0.4, -0.2) is 31.5 Å². The Morgan fingerprint density at radius 2 is 2.06 bits per heavy atom. The number of ether oxygens (including phenoxy) is 2. The second-order valence-electron chi connectivity index (χ2n) is 4.45. The number of methoxy groups -OCH3 is 1. The Bertz CT molecular complexity index is 353. The molecule has 0 atom stereocenters. The van der Waals surface area contributed by atoms with E-state index in [0.717, 1.165) is 23.6 Å². The molecule has 0 fully saturated rings. The van der Waals surface area contributed by atoms with Gasteiger partial charge in [-0.1, -0.05) is 19.9 Å². The first-order valence-corrected chi connectivity index (χ1v) is 6.31. The predicted molar refractivity (Wildman–Crippen MR) is 72.2 cm³/mol. The summed E-state index contributed by atoms with van der Waals surface area (Å²) in [7, 11) is 1.63. The molecule has 0 aromatic heterocycles.